The molecule has 0 aromatic rings. The van der Waals surface area contributed by atoms with Gasteiger partial charge in [0.05, 0.1) is 19.3 Å². The van der Waals surface area contributed by atoms with Crippen LogP contribution in [-0.2, 0) is 14.3 Å². The minimum Gasteiger partial charge on any atom is -0.378 e. The van der Waals surface area contributed by atoms with Crippen molar-refractivity contribution < 1.29 is 14.3 Å². The van der Waals surface area contributed by atoms with E-state index in [4.69, 9.17) is 9.47 Å². The van der Waals surface area contributed by atoms with Gasteiger partial charge in [-0.3, -0.25) is 4.79 Å². The Morgan fingerprint density at radius 1 is 1.30 bits per heavy atom. The van der Waals surface area contributed by atoms with Gasteiger partial charge in [-0.25, -0.2) is 0 Å². The number of hydrogen-bond donors (Lipinski definition) is 2. The van der Waals surface area contributed by atoms with E-state index in [0.29, 0.717) is 25.9 Å². The smallest absolute Gasteiger partial charge is 0.239 e. The highest BCUT2D eigenvalue weighted by Gasteiger charge is 2.20. The summed E-state index contributed by atoms with van der Waals surface area (Å²) in [6.45, 7) is 3.36. The summed E-state index contributed by atoms with van der Waals surface area (Å²) in [7, 11) is 0. The van der Waals surface area contributed by atoms with Gasteiger partial charge in [-0.2, -0.15) is 0 Å². The van der Waals surface area contributed by atoms with Gasteiger partial charge >= 0.3 is 0 Å². The van der Waals surface area contributed by atoms with Crippen LogP contribution in [0, 0.1) is 0 Å². The van der Waals surface area contributed by atoms with E-state index in [-0.39, 0.29) is 24.4 Å². The molecule has 1 atom stereocenters. The number of carbonyl (C=O) groups is 1. The Hall–Kier alpha value is -0.360. The molecule has 1 aliphatic heterocycles. The third-order valence-electron chi connectivity index (χ3n) is 3.76. The van der Waals surface area contributed by atoms with Crippen molar-refractivity contribution in [3.05, 3.63) is 0 Å². The lowest BCUT2D eigenvalue weighted by Crippen LogP contribution is -2.51. The normalized spacial score (nSPS) is 23.9. The fourth-order valence-electron chi connectivity index (χ4n) is 2.62. The quantitative estimate of drug-likeness (QED) is 0.725. The number of ether oxygens (including phenoxy) is 2. The molecule has 118 valence electrons. The van der Waals surface area contributed by atoms with Gasteiger partial charge in [0, 0.05) is 19.7 Å². The monoisotopic (exact) mass is 306 g/mol. The summed E-state index contributed by atoms with van der Waals surface area (Å²) >= 11 is 0. The highest BCUT2D eigenvalue weighted by Crippen LogP contribution is 2.20. The van der Waals surface area contributed by atoms with E-state index in [0.717, 1.165) is 19.6 Å². The van der Waals surface area contributed by atoms with Crippen molar-refractivity contribution in [3.63, 3.8) is 0 Å². The third-order valence-corrected chi connectivity index (χ3v) is 3.76. The highest BCUT2D eigenvalue weighted by molar-refractivity contribution is 5.85. The number of amides is 1. The lowest BCUT2D eigenvalue weighted by Gasteiger charge is -2.23. The zero-order valence-corrected chi connectivity index (χ0v) is 12.9. The van der Waals surface area contributed by atoms with E-state index in [9.17, 15) is 4.79 Å². The van der Waals surface area contributed by atoms with Gasteiger partial charge in [0.15, 0.2) is 0 Å². The predicted octanol–water partition coefficient (Wildman–Crippen LogP) is 1.25. The van der Waals surface area contributed by atoms with Crippen molar-refractivity contribution in [1.82, 2.24) is 10.6 Å². The highest BCUT2D eigenvalue weighted by atomic mass is 35.5. The van der Waals surface area contributed by atoms with Crippen molar-refractivity contribution in [3.8, 4) is 0 Å². The second-order valence-corrected chi connectivity index (χ2v) is 5.36. The lowest BCUT2D eigenvalue weighted by molar-refractivity contribution is -0.125. The van der Waals surface area contributed by atoms with E-state index in [1.54, 1.807) is 0 Å². The van der Waals surface area contributed by atoms with Crippen molar-refractivity contribution in [2.24, 2.45) is 0 Å². The zero-order valence-electron chi connectivity index (χ0n) is 12.1. The summed E-state index contributed by atoms with van der Waals surface area (Å²) in [5, 5.41) is 6.07. The molecule has 0 radical (unpaired) electrons. The van der Waals surface area contributed by atoms with Gasteiger partial charge in [-0.15, -0.1) is 12.4 Å². The van der Waals surface area contributed by atoms with Gasteiger partial charge < -0.3 is 20.1 Å². The predicted molar refractivity (Wildman–Crippen MR) is 80.3 cm³/mol. The number of nitrogens with one attached hydrogen (secondary N) is 2. The van der Waals surface area contributed by atoms with Crippen molar-refractivity contribution in [2.75, 3.05) is 32.9 Å². The van der Waals surface area contributed by atoms with Gasteiger partial charge in [0.1, 0.15) is 6.04 Å². The molecular formula is C14H27ClN2O3. The average Bonchev–Trinajstić information content (AvgIpc) is 2.49. The molecule has 20 heavy (non-hydrogen) atoms. The van der Waals surface area contributed by atoms with E-state index < -0.39 is 0 Å². The minimum absolute atomic E-state index is 0. The van der Waals surface area contributed by atoms with Crippen LogP contribution in [0.25, 0.3) is 0 Å². The van der Waals surface area contributed by atoms with Crippen LogP contribution in [0.4, 0.5) is 0 Å². The Balaban J connectivity index is 0.00000200. The standard InChI is InChI=1S/C14H26N2O3.ClH/c17-14(13-11-18-10-8-15-13)16-7-4-9-19-12-5-2-1-3-6-12;/h12-13,15H,1-11H2,(H,16,17);1H. The van der Waals surface area contributed by atoms with Gasteiger partial charge in [0.2, 0.25) is 5.91 Å². The topological polar surface area (TPSA) is 59.6 Å². The molecule has 2 N–H and O–H groups in total. The number of hydrogen-bond acceptors (Lipinski definition) is 4. The fraction of sp³-hybridized carbons (Fsp3) is 0.929. The molecule has 1 saturated carbocycles. The summed E-state index contributed by atoms with van der Waals surface area (Å²) < 4.78 is 11.1. The molecule has 1 heterocycles. The van der Waals surface area contributed by atoms with Crippen LogP contribution < -0.4 is 10.6 Å². The molecule has 1 saturated heterocycles. The summed E-state index contributed by atoms with van der Waals surface area (Å²) in [5.41, 5.74) is 0. The molecule has 2 rings (SSSR count). The Kier molecular flexibility index (Phi) is 9.18. The minimum atomic E-state index is -0.187. The van der Waals surface area contributed by atoms with Gasteiger partial charge in [0.25, 0.3) is 0 Å². The van der Waals surface area contributed by atoms with Crippen LogP contribution in [0.5, 0.6) is 0 Å². The van der Waals surface area contributed by atoms with Gasteiger partial charge in [-0.05, 0) is 19.3 Å². The van der Waals surface area contributed by atoms with Crippen LogP contribution in [0.1, 0.15) is 38.5 Å². The van der Waals surface area contributed by atoms with Crippen molar-refractivity contribution in [1.29, 1.82) is 0 Å². The van der Waals surface area contributed by atoms with Crippen LogP contribution >= 0.6 is 12.4 Å². The maximum Gasteiger partial charge on any atom is 0.239 e. The molecule has 2 aliphatic rings. The van der Waals surface area contributed by atoms with Crippen LogP contribution in [0.15, 0.2) is 0 Å². The first-order valence-electron chi connectivity index (χ1n) is 7.57. The summed E-state index contributed by atoms with van der Waals surface area (Å²) in [6, 6.07) is -0.187. The Morgan fingerprint density at radius 2 is 2.10 bits per heavy atom. The molecule has 2 fully saturated rings. The molecule has 5 nitrogen and oxygen atoms in total. The first kappa shape index (κ1) is 17.7. The number of morpholine rings is 1. The number of halogens is 1. The number of carbonyl (C=O) groups excluding carboxylic acids is 1. The first-order valence-corrected chi connectivity index (χ1v) is 7.57. The van der Waals surface area contributed by atoms with Crippen molar-refractivity contribution in [2.45, 2.75) is 50.7 Å². The first-order chi connectivity index (χ1) is 9.36. The van der Waals surface area contributed by atoms with Crippen LogP contribution in [-0.4, -0.2) is 51.0 Å². The number of rotatable bonds is 6. The van der Waals surface area contributed by atoms with E-state index in [1.807, 2.05) is 0 Å². The molecule has 1 aliphatic carbocycles. The van der Waals surface area contributed by atoms with E-state index >= 15 is 0 Å². The Labute approximate surface area is 127 Å². The third kappa shape index (κ3) is 6.39. The largest absolute Gasteiger partial charge is 0.378 e. The van der Waals surface area contributed by atoms with Crippen LogP contribution in [0.3, 0.4) is 0 Å². The molecule has 0 aromatic heterocycles. The second-order valence-electron chi connectivity index (χ2n) is 5.36. The van der Waals surface area contributed by atoms with E-state index in [1.165, 1.54) is 32.1 Å². The lowest BCUT2D eigenvalue weighted by atomic mass is 9.98. The SMILES string of the molecule is Cl.O=C(NCCCOC1CCCCC1)C1COCCN1. The van der Waals surface area contributed by atoms with E-state index in [2.05, 4.69) is 10.6 Å². The van der Waals surface area contributed by atoms with Crippen molar-refractivity contribution >= 4 is 18.3 Å². The molecule has 0 spiro atoms. The van der Waals surface area contributed by atoms with Crippen LogP contribution in [0.2, 0.25) is 0 Å². The second kappa shape index (κ2) is 10.4. The maximum atomic E-state index is 11.8. The Bertz CT molecular complexity index is 267. The summed E-state index contributed by atoms with van der Waals surface area (Å²) in [4.78, 5) is 11.8. The molecular weight excluding hydrogens is 280 g/mol. The van der Waals surface area contributed by atoms with Gasteiger partial charge in [-0.1, -0.05) is 19.3 Å². The Morgan fingerprint density at radius 3 is 2.80 bits per heavy atom. The zero-order chi connectivity index (χ0) is 13.3. The molecule has 0 bridgehead atoms. The molecule has 1 amide bonds. The average molecular weight is 307 g/mol. The summed E-state index contributed by atoms with van der Waals surface area (Å²) in [5.74, 6) is 0.0392. The molecule has 1 unspecified atom stereocenters. The molecule has 0 aromatic carbocycles. The molecule has 6 heteroatoms. The maximum absolute atomic E-state index is 11.8. The summed E-state index contributed by atoms with van der Waals surface area (Å²) in [6.07, 6.45) is 7.70. The fourth-order valence-corrected chi connectivity index (χ4v) is 2.62.